The number of carbonyl (C=O) groups excluding carboxylic acids is 1. The van der Waals surface area contributed by atoms with Crippen molar-refractivity contribution in [2.24, 2.45) is 0 Å². The SMILES string of the molecule is CCC[C@@H](C)c1nc(N2CCN(C(=O)c3ccc(C(C)(C)C)cc3)CC2)c2c(C)nn(-c3ccc(F)cc3)c2n1. The highest BCUT2D eigenvalue weighted by Crippen LogP contribution is 2.32. The van der Waals surface area contributed by atoms with Crippen molar-refractivity contribution in [1.29, 1.82) is 0 Å². The number of aromatic nitrogens is 4. The van der Waals surface area contributed by atoms with Crippen LogP contribution in [0.1, 0.15) is 80.8 Å². The van der Waals surface area contributed by atoms with Crippen LogP contribution in [0.2, 0.25) is 0 Å². The van der Waals surface area contributed by atoms with Crippen LogP contribution in [0.4, 0.5) is 10.2 Å². The summed E-state index contributed by atoms with van der Waals surface area (Å²) < 4.78 is 15.4. The molecule has 0 saturated carbocycles. The first-order valence-electron chi connectivity index (χ1n) is 14.2. The van der Waals surface area contributed by atoms with E-state index >= 15 is 0 Å². The second kappa shape index (κ2) is 11.0. The number of anilines is 1. The molecule has 7 nitrogen and oxygen atoms in total. The molecule has 0 aliphatic carbocycles. The molecule has 210 valence electrons. The first-order chi connectivity index (χ1) is 19.1. The van der Waals surface area contributed by atoms with Gasteiger partial charge in [0.15, 0.2) is 5.65 Å². The lowest BCUT2D eigenvalue weighted by molar-refractivity contribution is 0.0746. The van der Waals surface area contributed by atoms with E-state index in [1.165, 1.54) is 17.7 Å². The molecule has 2 aromatic heterocycles. The first-order valence-corrected chi connectivity index (χ1v) is 14.2. The third kappa shape index (κ3) is 5.44. The maximum Gasteiger partial charge on any atom is 0.253 e. The molecule has 1 amide bonds. The number of piperazine rings is 1. The number of benzene rings is 2. The maximum absolute atomic E-state index is 13.7. The molecule has 1 aliphatic rings. The van der Waals surface area contributed by atoms with E-state index in [0.717, 1.165) is 52.5 Å². The smallest absolute Gasteiger partial charge is 0.253 e. The highest BCUT2D eigenvalue weighted by atomic mass is 19.1. The highest BCUT2D eigenvalue weighted by Gasteiger charge is 2.28. The molecule has 3 heterocycles. The highest BCUT2D eigenvalue weighted by molar-refractivity contribution is 5.95. The van der Waals surface area contributed by atoms with Gasteiger partial charge >= 0.3 is 0 Å². The molecule has 1 atom stereocenters. The number of nitrogens with zero attached hydrogens (tertiary/aromatic N) is 6. The molecule has 0 unspecified atom stereocenters. The molecule has 1 fully saturated rings. The van der Waals surface area contributed by atoms with Crippen LogP contribution < -0.4 is 4.90 Å². The normalized spacial score (nSPS) is 15.1. The van der Waals surface area contributed by atoms with Gasteiger partial charge in [0.25, 0.3) is 5.91 Å². The van der Waals surface area contributed by atoms with E-state index in [2.05, 4.69) is 51.7 Å². The third-order valence-corrected chi connectivity index (χ3v) is 7.80. The summed E-state index contributed by atoms with van der Waals surface area (Å²) in [5.74, 6) is 1.59. The largest absolute Gasteiger partial charge is 0.352 e. The van der Waals surface area contributed by atoms with Gasteiger partial charge in [-0.05, 0) is 60.7 Å². The summed E-state index contributed by atoms with van der Waals surface area (Å²) in [4.78, 5) is 27.6. The van der Waals surface area contributed by atoms with Crippen molar-refractivity contribution in [2.75, 3.05) is 31.1 Å². The number of carbonyl (C=O) groups is 1. The van der Waals surface area contributed by atoms with Gasteiger partial charge in [0.2, 0.25) is 0 Å². The minimum absolute atomic E-state index is 0.0478. The van der Waals surface area contributed by atoms with Crippen LogP contribution in [0.15, 0.2) is 48.5 Å². The molecule has 0 spiro atoms. The van der Waals surface area contributed by atoms with Crippen LogP contribution in [0.3, 0.4) is 0 Å². The first kappa shape index (κ1) is 27.7. The molecule has 0 radical (unpaired) electrons. The average Bonchev–Trinajstić information content (AvgIpc) is 3.28. The predicted octanol–water partition coefficient (Wildman–Crippen LogP) is 6.43. The summed E-state index contributed by atoms with van der Waals surface area (Å²) in [7, 11) is 0. The van der Waals surface area contributed by atoms with Gasteiger partial charge in [-0.25, -0.2) is 19.0 Å². The van der Waals surface area contributed by atoms with Crippen LogP contribution in [0.25, 0.3) is 16.7 Å². The number of halogens is 1. The van der Waals surface area contributed by atoms with E-state index in [-0.39, 0.29) is 23.1 Å². The van der Waals surface area contributed by atoms with E-state index in [1.807, 2.05) is 24.0 Å². The zero-order valence-electron chi connectivity index (χ0n) is 24.4. The molecule has 5 rings (SSSR count). The number of aryl methyl sites for hydroxylation is 1. The summed E-state index contributed by atoms with van der Waals surface area (Å²) >= 11 is 0. The van der Waals surface area contributed by atoms with E-state index in [4.69, 9.17) is 15.1 Å². The number of hydrogen-bond acceptors (Lipinski definition) is 5. The Kier molecular flexibility index (Phi) is 7.62. The van der Waals surface area contributed by atoms with Crippen molar-refractivity contribution in [3.8, 4) is 5.69 Å². The van der Waals surface area contributed by atoms with Crippen molar-refractivity contribution in [2.45, 2.75) is 65.7 Å². The van der Waals surface area contributed by atoms with Crippen molar-refractivity contribution in [3.63, 3.8) is 0 Å². The minimum atomic E-state index is -0.290. The van der Waals surface area contributed by atoms with Crippen LogP contribution >= 0.6 is 0 Å². The lowest BCUT2D eigenvalue weighted by atomic mass is 9.86. The Balaban J connectivity index is 1.44. The maximum atomic E-state index is 13.7. The monoisotopic (exact) mass is 542 g/mol. The molecule has 1 aliphatic heterocycles. The summed E-state index contributed by atoms with van der Waals surface area (Å²) in [6.07, 6.45) is 2.01. The minimum Gasteiger partial charge on any atom is -0.352 e. The molecule has 0 bridgehead atoms. The van der Waals surface area contributed by atoms with Crippen molar-refractivity contribution in [1.82, 2.24) is 24.6 Å². The lowest BCUT2D eigenvalue weighted by Crippen LogP contribution is -2.49. The average molecular weight is 543 g/mol. The molecule has 2 aromatic carbocycles. The fourth-order valence-corrected chi connectivity index (χ4v) is 5.37. The summed E-state index contributed by atoms with van der Waals surface area (Å²) in [6.45, 7) is 15.3. The van der Waals surface area contributed by atoms with Gasteiger partial charge in [-0.1, -0.05) is 53.2 Å². The molecule has 40 heavy (non-hydrogen) atoms. The fraction of sp³-hybridized carbons (Fsp3) is 0.438. The Morgan fingerprint density at radius 1 is 0.975 bits per heavy atom. The number of fused-ring (bicyclic) bond motifs is 1. The molecule has 0 N–H and O–H groups in total. The van der Waals surface area contributed by atoms with E-state index < -0.39 is 0 Å². The van der Waals surface area contributed by atoms with Crippen LogP contribution in [-0.2, 0) is 5.41 Å². The van der Waals surface area contributed by atoms with Crippen molar-refractivity contribution >= 4 is 22.8 Å². The zero-order valence-corrected chi connectivity index (χ0v) is 24.4. The summed E-state index contributed by atoms with van der Waals surface area (Å²) in [6, 6.07) is 14.3. The van der Waals surface area contributed by atoms with E-state index in [1.54, 1.807) is 16.8 Å². The molecule has 1 saturated heterocycles. The Labute approximate surface area is 236 Å². The summed E-state index contributed by atoms with van der Waals surface area (Å²) in [5, 5.41) is 5.70. The van der Waals surface area contributed by atoms with Gasteiger partial charge in [0, 0.05) is 37.7 Å². The second-order valence-corrected chi connectivity index (χ2v) is 11.9. The van der Waals surface area contributed by atoms with Crippen molar-refractivity contribution in [3.05, 3.63) is 77.0 Å². The second-order valence-electron chi connectivity index (χ2n) is 11.9. The van der Waals surface area contributed by atoms with Gasteiger partial charge in [0.1, 0.15) is 17.5 Å². The Morgan fingerprint density at radius 2 is 1.62 bits per heavy atom. The lowest BCUT2D eigenvalue weighted by Gasteiger charge is -2.36. The van der Waals surface area contributed by atoms with Gasteiger partial charge in [0.05, 0.1) is 16.8 Å². The van der Waals surface area contributed by atoms with Gasteiger partial charge in [-0.3, -0.25) is 4.79 Å². The fourth-order valence-electron chi connectivity index (χ4n) is 5.37. The molecular weight excluding hydrogens is 503 g/mol. The van der Waals surface area contributed by atoms with Crippen LogP contribution in [0, 0.1) is 12.7 Å². The van der Waals surface area contributed by atoms with Gasteiger partial charge < -0.3 is 9.80 Å². The Bertz CT molecular complexity index is 1500. The number of hydrogen-bond donors (Lipinski definition) is 0. The predicted molar refractivity (Wildman–Crippen MR) is 158 cm³/mol. The Morgan fingerprint density at radius 3 is 2.23 bits per heavy atom. The Hall–Kier alpha value is -3.81. The topological polar surface area (TPSA) is 67.2 Å². The number of rotatable bonds is 6. The standard InChI is InChI=1S/C32H39FN6O/c1-7-8-21(2)28-34-29(27-22(3)36-39(30(27)35-28)26-15-13-25(33)14-16-26)37-17-19-38(20-18-37)31(40)23-9-11-24(12-10-23)32(4,5)6/h9-16,21H,7-8,17-20H2,1-6H3/t21-/m1/s1. The van der Waals surface area contributed by atoms with Crippen molar-refractivity contribution < 1.29 is 9.18 Å². The molecular formula is C32H39FN6O. The molecule has 8 heteroatoms. The van der Waals surface area contributed by atoms with Gasteiger partial charge in [-0.2, -0.15) is 5.10 Å². The quantitative estimate of drug-likeness (QED) is 0.281. The number of amides is 1. The van der Waals surface area contributed by atoms with E-state index in [0.29, 0.717) is 26.2 Å². The van der Waals surface area contributed by atoms with E-state index in [9.17, 15) is 9.18 Å². The summed E-state index contributed by atoms with van der Waals surface area (Å²) in [5.41, 5.74) is 4.29. The zero-order chi connectivity index (χ0) is 28.6. The molecule has 4 aromatic rings. The van der Waals surface area contributed by atoms with Crippen LogP contribution in [-0.4, -0.2) is 56.7 Å². The van der Waals surface area contributed by atoms with Crippen LogP contribution in [0.5, 0.6) is 0 Å². The third-order valence-electron chi connectivity index (χ3n) is 7.80. The van der Waals surface area contributed by atoms with Gasteiger partial charge in [-0.15, -0.1) is 0 Å².